The molecule has 2 nitrogen and oxygen atoms in total. The highest BCUT2D eigenvalue weighted by atomic mass is 16.5. The fourth-order valence-corrected chi connectivity index (χ4v) is 2.53. The molecule has 1 unspecified atom stereocenters. The first-order valence-electron chi connectivity index (χ1n) is 7.68. The van der Waals surface area contributed by atoms with Gasteiger partial charge in [-0.1, -0.05) is 42.0 Å². The Hall–Kier alpha value is -2.27. The zero-order valence-electron chi connectivity index (χ0n) is 13.8. The first-order chi connectivity index (χ1) is 10.5. The van der Waals surface area contributed by atoms with Gasteiger partial charge in [0.25, 0.3) is 0 Å². The first kappa shape index (κ1) is 16.1. The Kier molecular flexibility index (Phi) is 5.22. The molecule has 0 aliphatic carbocycles. The Morgan fingerprint density at radius 3 is 2.23 bits per heavy atom. The predicted molar refractivity (Wildman–Crippen MR) is 90.3 cm³/mol. The standard InChI is InChI=1S/C20H23NO/c1-14-5-9-18(10-6-14)19(13-21)11-12-22-20-16(3)8-7-15(2)17(20)4/h5-10,19H,11-12H2,1-4H3. The zero-order chi connectivity index (χ0) is 16.1. The van der Waals surface area contributed by atoms with Crippen LogP contribution in [-0.4, -0.2) is 6.61 Å². The summed E-state index contributed by atoms with van der Waals surface area (Å²) in [6.45, 7) is 8.84. The SMILES string of the molecule is Cc1ccc(C(C#N)CCOc2c(C)ccc(C)c2C)cc1. The highest BCUT2D eigenvalue weighted by Gasteiger charge is 2.12. The molecule has 2 aromatic carbocycles. The van der Waals surface area contributed by atoms with E-state index >= 15 is 0 Å². The molecule has 0 saturated heterocycles. The molecule has 0 amide bonds. The minimum atomic E-state index is -0.119. The van der Waals surface area contributed by atoms with Crippen molar-refractivity contribution in [1.29, 1.82) is 5.26 Å². The average molecular weight is 293 g/mol. The van der Waals surface area contributed by atoms with Gasteiger partial charge in [-0.2, -0.15) is 5.26 Å². The van der Waals surface area contributed by atoms with Crippen LogP contribution in [-0.2, 0) is 0 Å². The van der Waals surface area contributed by atoms with Gasteiger partial charge in [0.2, 0.25) is 0 Å². The summed E-state index contributed by atoms with van der Waals surface area (Å²) in [5, 5.41) is 9.39. The van der Waals surface area contributed by atoms with Crippen LogP contribution in [0, 0.1) is 39.0 Å². The number of nitrogens with zero attached hydrogens (tertiary/aromatic N) is 1. The highest BCUT2D eigenvalue weighted by molar-refractivity contribution is 5.44. The van der Waals surface area contributed by atoms with Gasteiger partial charge in [-0.25, -0.2) is 0 Å². The van der Waals surface area contributed by atoms with Crippen LogP contribution in [0.1, 0.15) is 40.2 Å². The van der Waals surface area contributed by atoms with Crippen molar-refractivity contribution in [1.82, 2.24) is 0 Å². The van der Waals surface area contributed by atoms with Crippen LogP contribution in [0.3, 0.4) is 0 Å². The topological polar surface area (TPSA) is 33.0 Å². The van der Waals surface area contributed by atoms with Gasteiger partial charge in [-0.05, 0) is 49.9 Å². The molecule has 0 N–H and O–H groups in total. The Bertz CT molecular complexity index is 680. The monoisotopic (exact) mass is 293 g/mol. The summed E-state index contributed by atoms with van der Waals surface area (Å²) in [4.78, 5) is 0. The van der Waals surface area contributed by atoms with Crippen molar-refractivity contribution >= 4 is 0 Å². The second-order valence-electron chi connectivity index (χ2n) is 5.88. The zero-order valence-corrected chi connectivity index (χ0v) is 13.8. The number of rotatable bonds is 5. The first-order valence-corrected chi connectivity index (χ1v) is 7.68. The van der Waals surface area contributed by atoms with Crippen LogP contribution >= 0.6 is 0 Å². The van der Waals surface area contributed by atoms with Crippen LogP contribution < -0.4 is 4.74 Å². The molecule has 1 atom stereocenters. The van der Waals surface area contributed by atoms with Crippen LogP contribution in [0.4, 0.5) is 0 Å². The van der Waals surface area contributed by atoms with Gasteiger partial charge in [0.05, 0.1) is 18.6 Å². The van der Waals surface area contributed by atoms with Crippen molar-refractivity contribution in [3.63, 3.8) is 0 Å². The van der Waals surface area contributed by atoms with Gasteiger partial charge in [0.15, 0.2) is 0 Å². The third-order valence-corrected chi connectivity index (χ3v) is 4.16. The molecule has 0 bridgehead atoms. The molecule has 2 rings (SSSR count). The molecule has 0 aliphatic rings. The highest BCUT2D eigenvalue weighted by Crippen LogP contribution is 2.27. The molecule has 0 saturated carbocycles. The molecular weight excluding hydrogens is 270 g/mol. The van der Waals surface area contributed by atoms with Crippen molar-refractivity contribution in [3.8, 4) is 11.8 Å². The van der Waals surface area contributed by atoms with Gasteiger partial charge in [0, 0.05) is 6.42 Å². The molecule has 114 valence electrons. The van der Waals surface area contributed by atoms with Crippen molar-refractivity contribution in [2.45, 2.75) is 40.0 Å². The van der Waals surface area contributed by atoms with Gasteiger partial charge in [-0.3, -0.25) is 0 Å². The lowest BCUT2D eigenvalue weighted by molar-refractivity contribution is 0.302. The van der Waals surface area contributed by atoms with E-state index in [4.69, 9.17) is 4.74 Å². The van der Waals surface area contributed by atoms with E-state index in [1.165, 1.54) is 16.7 Å². The quantitative estimate of drug-likeness (QED) is 0.777. The maximum absolute atomic E-state index is 9.39. The average Bonchev–Trinajstić information content (AvgIpc) is 2.52. The minimum Gasteiger partial charge on any atom is -0.493 e. The third kappa shape index (κ3) is 3.68. The fourth-order valence-electron chi connectivity index (χ4n) is 2.53. The van der Waals surface area contributed by atoms with E-state index < -0.39 is 0 Å². The molecule has 2 aromatic rings. The second kappa shape index (κ2) is 7.13. The van der Waals surface area contributed by atoms with E-state index in [2.05, 4.69) is 58.0 Å². The summed E-state index contributed by atoms with van der Waals surface area (Å²) in [5.41, 5.74) is 5.84. The smallest absolute Gasteiger partial charge is 0.125 e. The normalized spacial score (nSPS) is 11.8. The molecule has 0 heterocycles. The van der Waals surface area contributed by atoms with E-state index in [9.17, 15) is 5.26 Å². The molecule has 0 fully saturated rings. The number of ether oxygens (including phenoxy) is 1. The Balaban J connectivity index is 2.02. The second-order valence-corrected chi connectivity index (χ2v) is 5.88. The number of benzene rings is 2. The van der Waals surface area contributed by atoms with E-state index in [0.717, 1.165) is 16.9 Å². The van der Waals surface area contributed by atoms with E-state index in [1.807, 2.05) is 12.1 Å². The van der Waals surface area contributed by atoms with E-state index in [-0.39, 0.29) is 5.92 Å². The summed E-state index contributed by atoms with van der Waals surface area (Å²) in [6, 6.07) is 14.8. The number of hydrogen-bond donors (Lipinski definition) is 0. The molecular formula is C20H23NO. The van der Waals surface area contributed by atoms with Crippen molar-refractivity contribution < 1.29 is 4.74 Å². The summed E-state index contributed by atoms with van der Waals surface area (Å²) >= 11 is 0. The molecule has 2 heteroatoms. The Morgan fingerprint density at radius 2 is 1.59 bits per heavy atom. The lowest BCUT2D eigenvalue weighted by Gasteiger charge is -2.15. The third-order valence-electron chi connectivity index (χ3n) is 4.16. The van der Waals surface area contributed by atoms with Gasteiger partial charge < -0.3 is 4.74 Å². The van der Waals surface area contributed by atoms with Crippen molar-refractivity contribution in [3.05, 3.63) is 64.2 Å². The molecule has 0 spiro atoms. The molecule has 22 heavy (non-hydrogen) atoms. The lowest BCUT2D eigenvalue weighted by Crippen LogP contribution is -2.06. The van der Waals surface area contributed by atoms with Crippen LogP contribution in [0.25, 0.3) is 0 Å². The summed E-state index contributed by atoms with van der Waals surface area (Å²) < 4.78 is 5.97. The van der Waals surface area contributed by atoms with Gasteiger partial charge >= 0.3 is 0 Å². The fraction of sp³-hybridized carbons (Fsp3) is 0.350. The number of nitriles is 1. The van der Waals surface area contributed by atoms with E-state index in [1.54, 1.807) is 0 Å². The summed E-state index contributed by atoms with van der Waals surface area (Å²) in [5.74, 6) is 0.839. The van der Waals surface area contributed by atoms with Crippen LogP contribution in [0.15, 0.2) is 36.4 Å². The molecule has 0 aromatic heterocycles. The number of aryl methyl sites for hydroxylation is 3. The van der Waals surface area contributed by atoms with Crippen LogP contribution in [0.5, 0.6) is 5.75 Å². The number of hydrogen-bond acceptors (Lipinski definition) is 2. The largest absolute Gasteiger partial charge is 0.493 e. The predicted octanol–water partition coefficient (Wildman–Crippen LogP) is 5.00. The minimum absolute atomic E-state index is 0.119. The maximum atomic E-state index is 9.39. The van der Waals surface area contributed by atoms with Crippen LogP contribution in [0.2, 0.25) is 0 Å². The van der Waals surface area contributed by atoms with Gasteiger partial charge in [-0.15, -0.1) is 0 Å². The maximum Gasteiger partial charge on any atom is 0.125 e. The molecule has 0 aliphatic heterocycles. The van der Waals surface area contributed by atoms with Crippen molar-refractivity contribution in [2.24, 2.45) is 0 Å². The van der Waals surface area contributed by atoms with Crippen molar-refractivity contribution in [2.75, 3.05) is 6.61 Å². The Labute approximate surface area is 133 Å². The lowest BCUT2D eigenvalue weighted by atomic mass is 9.97. The summed E-state index contributed by atoms with van der Waals surface area (Å²) in [7, 11) is 0. The van der Waals surface area contributed by atoms with E-state index in [0.29, 0.717) is 13.0 Å². The summed E-state index contributed by atoms with van der Waals surface area (Å²) in [6.07, 6.45) is 0.701. The molecule has 0 radical (unpaired) electrons. The Morgan fingerprint density at radius 1 is 0.955 bits per heavy atom. The van der Waals surface area contributed by atoms with Gasteiger partial charge in [0.1, 0.15) is 5.75 Å².